The Hall–Kier alpha value is -1.32. The lowest BCUT2D eigenvalue weighted by Crippen LogP contribution is -2.38. The Balaban J connectivity index is 2.88. The van der Waals surface area contributed by atoms with E-state index in [1.54, 1.807) is 6.92 Å². The van der Waals surface area contributed by atoms with Crippen LogP contribution in [0.25, 0.3) is 0 Å². The standard InChI is InChI=1S/C15H23F3N2O3S/c1-4-19(5-2)11-12-20(6-3)24(21,22)14-9-7-13(8-10-14)23-15(16,17)18/h7-10H,4-6,11-12H2,1-3H3. The summed E-state index contributed by atoms with van der Waals surface area (Å²) in [6, 6.07) is 4.24. The molecule has 9 heteroatoms. The van der Waals surface area contributed by atoms with Gasteiger partial charge in [0.15, 0.2) is 0 Å². The normalized spacial score (nSPS) is 12.8. The van der Waals surface area contributed by atoms with Crippen LogP contribution < -0.4 is 4.74 Å². The van der Waals surface area contributed by atoms with Crippen LogP contribution in [-0.2, 0) is 10.0 Å². The highest BCUT2D eigenvalue weighted by Crippen LogP contribution is 2.25. The third kappa shape index (κ3) is 5.95. The molecule has 1 aromatic carbocycles. The summed E-state index contributed by atoms with van der Waals surface area (Å²) in [5.74, 6) is -0.451. The summed E-state index contributed by atoms with van der Waals surface area (Å²) in [4.78, 5) is 2.04. The third-order valence-corrected chi connectivity index (χ3v) is 5.60. The minimum atomic E-state index is -4.81. The zero-order chi connectivity index (χ0) is 18.4. The molecule has 0 unspecified atom stereocenters. The summed E-state index contributed by atoms with van der Waals surface area (Å²) in [7, 11) is -3.75. The SMILES string of the molecule is CCN(CC)CCN(CC)S(=O)(=O)c1ccc(OC(F)(F)F)cc1. The van der Waals surface area contributed by atoms with Crippen LogP contribution in [0.3, 0.4) is 0 Å². The number of nitrogens with zero attached hydrogens (tertiary/aromatic N) is 2. The fourth-order valence-corrected chi connectivity index (χ4v) is 3.64. The van der Waals surface area contributed by atoms with Gasteiger partial charge in [0, 0.05) is 19.6 Å². The smallest absolute Gasteiger partial charge is 0.406 e. The number of likely N-dealkylation sites (N-methyl/N-ethyl adjacent to an activating group) is 2. The van der Waals surface area contributed by atoms with Gasteiger partial charge in [-0.3, -0.25) is 0 Å². The van der Waals surface area contributed by atoms with Crippen molar-refractivity contribution < 1.29 is 26.3 Å². The maximum atomic E-state index is 12.6. The van der Waals surface area contributed by atoms with Gasteiger partial charge in [0.05, 0.1) is 4.90 Å². The molecule has 138 valence electrons. The highest BCUT2D eigenvalue weighted by atomic mass is 32.2. The van der Waals surface area contributed by atoms with Gasteiger partial charge in [-0.15, -0.1) is 13.2 Å². The van der Waals surface area contributed by atoms with Crippen LogP contribution in [0.1, 0.15) is 20.8 Å². The fourth-order valence-electron chi connectivity index (χ4n) is 2.20. The summed E-state index contributed by atoms with van der Waals surface area (Å²) in [6.07, 6.45) is -4.81. The van der Waals surface area contributed by atoms with Gasteiger partial charge in [-0.2, -0.15) is 4.31 Å². The van der Waals surface area contributed by atoms with Gasteiger partial charge in [-0.05, 0) is 37.4 Å². The second-order valence-corrected chi connectivity index (χ2v) is 6.98. The summed E-state index contributed by atoms with van der Waals surface area (Å²) < 4.78 is 66.7. The Morgan fingerprint density at radius 2 is 1.50 bits per heavy atom. The molecule has 0 atom stereocenters. The maximum Gasteiger partial charge on any atom is 0.573 e. The molecule has 1 rings (SSSR count). The average molecular weight is 368 g/mol. The Labute approximate surface area is 141 Å². The summed E-state index contributed by atoms with van der Waals surface area (Å²) in [6.45, 7) is 8.54. The molecule has 0 aliphatic rings. The zero-order valence-electron chi connectivity index (χ0n) is 14.0. The van der Waals surface area contributed by atoms with Crippen LogP contribution in [0.15, 0.2) is 29.2 Å². The van der Waals surface area contributed by atoms with Crippen molar-refractivity contribution >= 4 is 10.0 Å². The molecule has 0 spiro atoms. The van der Waals surface area contributed by atoms with Gasteiger partial charge in [0.2, 0.25) is 10.0 Å². The van der Waals surface area contributed by atoms with Crippen molar-refractivity contribution in [2.45, 2.75) is 32.0 Å². The number of rotatable bonds is 9. The molecule has 0 radical (unpaired) electrons. The molecular formula is C15H23F3N2O3S. The fraction of sp³-hybridized carbons (Fsp3) is 0.600. The molecule has 0 aromatic heterocycles. The molecule has 0 saturated heterocycles. The van der Waals surface area contributed by atoms with E-state index in [2.05, 4.69) is 9.64 Å². The van der Waals surface area contributed by atoms with Crippen molar-refractivity contribution in [3.8, 4) is 5.75 Å². The van der Waals surface area contributed by atoms with E-state index in [9.17, 15) is 21.6 Å². The van der Waals surface area contributed by atoms with E-state index >= 15 is 0 Å². The van der Waals surface area contributed by atoms with E-state index in [1.165, 1.54) is 4.31 Å². The molecule has 0 fully saturated rings. The number of halogens is 3. The largest absolute Gasteiger partial charge is 0.573 e. The molecule has 0 bridgehead atoms. The van der Waals surface area contributed by atoms with Gasteiger partial charge in [0.1, 0.15) is 5.75 Å². The monoisotopic (exact) mass is 368 g/mol. The first-order chi connectivity index (χ1) is 11.1. The highest BCUT2D eigenvalue weighted by molar-refractivity contribution is 7.89. The number of ether oxygens (including phenoxy) is 1. The van der Waals surface area contributed by atoms with Crippen molar-refractivity contribution in [2.24, 2.45) is 0 Å². The van der Waals surface area contributed by atoms with E-state index in [1.807, 2.05) is 13.8 Å². The third-order valence-electron chi connectivity index (χ3n) is 3.61. The van der Waals surface area contributed by atoms with Crippen molar-refractivity contribution in [2.75, 3.05) is 32.7 Å². The lowest BCUT2D eigenvalue weighted by molar-refractivity contribution is -0.274. The van der Waals surface area contributed by atoms with Crippen LogP contribution in [0, 0.1) is 0 Å². The molecule has 0 aliphatic carbocycles. The molecule has 24 heavy (non-hydrogen) atoms. The first kappa shape index (κ1) is 20.7. The summed E-state index contributed by atoms with van der Waals surface area (Å²) in [5.41, 5.74) is 0. The minimum absolute atomic E-state index is 0.0570. The minimum Gasteiger partial charge on any atom is -0.406 e. The zero-order valence-corrected chi connectivity index (χ0v) is 14.8. The first-order valence-electron chi connectivity index (χ1n) is 7.72. The number of hydrogen-bond acceptors (Lipinski definition) is 4. The van der Waals surface area contributed by atoms with Gasteiger partial charge < -0.3 is 9.64 Å². The van der Waals surface area contributed by atoms with Crippen LogP contribution in [0.2, 0.25) is 0 Å². The maximum absolute atomic E-state index is 12.6. The highest BCUT2D eigenvalue weighted by Gasteiger charge is 2.31. The van der Waals surface area contributed by atoms with Gasteiger partial charge >= 0.3 is 6.36 Å². The van der Waals surface area contributed by atoms with E-state index in [4.69, 9.17) is 0 Å². The van der Waals surface area contributed by atoms with Crippen molar-refractivity contribution in [1.29, 1.82) is 0 Å². The van der Waals surface area contributed by atoms with E-state index in [0.29, 0.717) is 13.1 Å². The van der Waals surface area contributed by atoms with Crippen LogP contribution >= 0.6 is 0 Å². The van der Waals surface area contributed by atoms with Crippen molar-refractivity contribution in [3.63, 3.8) is 0 Å². The Morgan fingerprint density at radius 3 is 1.92 bits per heavy atom. The lowest BCUT2D eigenvalue weighted by Gasteiger charge is -2.25. The van der Waals surface area contributed by atoms with Gasteiger partial charge in [-0.1, -0.05) is 20.8 Å². The number of sulfonamides is 1. The van der Waals surface area contributed by atoms with Gasteiger partial charge in [-0.25, -0.2) is 8.42 Å². The second kappa shape index (κ2) is 8.68. The Kier molecular flexibility index (Phi) is 7.50. The topological polar surface area (TPSA) is 49.9 Å². The predicted octanol–water partition coefficient (Wildman–Crippen LogP) is 2.94. The molecule has 0 N–H and O–H groups in total. The van der Waals surface area contributed by atoms with Crippen LogP contribution in [0.5, 0.6) is 5.75 Å². The molecule has 0 amide bonds. The second-order valence-electron chi connectivity index (χ2n) is 5.04. The van der Waals surface area contributed by atoms with Crippen molar-refractivity contribution in [3.05, 3.63) is 24.3 Å². The molecule has 0 saturated carbocycles. The van der Waals surface area contributed by atoms with Crippen LogP contribution in [-0.4, -0.2) is 56.7 Å². The molecular weight excluding hydrogens is 345 g/mol. The Bertz CT molecular complexity index is 599. The average Bonchev–Trinajstić information content (AvgIpc) is 2.50. The summed E-state index contributed by atoms with van der Waals surface area (Å²) >= 11 is 0. The quantitative estimate of drug-likeness (QED) is 0.673. The Morgan fingerprint density at radius 1 is 0.958 bits per heavy atom. The lowest BCUT2D eigenvalue weighted by atomic mass is 10.3. The van der Waals surface area contributed by atoms with E-state index < -0.39 is 22.1 Å². The van der Waals surface area contributed by atoms with Crippen LogP contribution in [0.4, 0.5) is 13.2 Å². The summed E-state index contributed by atoms with van der Waals surface area (Å²) in [5, 5.41) is 0. The first-order valence-corrected chi connectivity index (χ1v) is 9.16. The molecule has 5 nitrogen and oxygen atoms in total. The van der Waals surface area contributed by atoms with Crippen molar-refractivity contribution in [1.82, 2.24) is 9.21 Å². The molecule has 0 heterocycles. The number of alkyl halides is 3. The number of hydrogen-bond donors (Lipinski definition) is 0. The molecule has 0 aliphatic heterocycles. The predicted molar refractivity (Wildman–Crippen MR) is 85.3 cm³/mol. The molecule has 1 aromatic rings. The number of benzene rings is 1. The van der Waals surface area contributed by atoms with E-state index in [0.717, 1.165) is 37.4 Å². The van der Waals surface area contributed by atoms with E-state index in [-0.39, 0.29) is 11.4 Å². The van der Waals surface area contributed by atoms with Gasteiger partial charge in [0.25, 0.3) is 0 Å².